The van der Waals surface area contributed by atoms with Crippen LogP contribution in [0.15, 0.2) is 71.9 Å². The number of carbonyl (C=O) groups excluding carboxylic acids is 2. The van der Waals surface area contributed by atoms with Crippen molar-refractivity contribution in [1.29, 1.82) is 0 Å². The van der Waals surface area contributed by atoms with E-state index in [1.165, 1.54) is 11.0 Å². The van der Waals surface area contributed by atoms with Crippen molar-refractivity contribution in [2.45, 2.75) is 43.7 Å². The van der Waals surface area contributed by atoms with Gasteiger partial charge in [-0.3, -0.25) is 9.20 Å². The molecule has 2 aromatic carbocycles. The highest BCUT2D eigenvalue weighted by Gasteiger charge is 2.38. The number of rotatable bonds is 6. The van der Waals surface area contributed by atoms with E-state index in [1.54, 1.807) is 57.3 Å². The Morgan fingerprint density at radius 2 is 1.80 bits per heavy atom. The largest absolute Gasteiger partial charge is 0.458 e. The lowest BCUT2D eigenvalue weighted by Gasteiger charge is -2.42. The number of nitrogens with zero attached hydrogens (tertiary/aromatic N) is 4. The summed E-state index contributed by atoms with van der Waals surface area (Å²) in [4.78, 5) is 34.7. The summed E-state index contributed by atoms with van der Waals surface area (Å²) < 4.78 is 33.9. The third kappa shape index (κ3) is 5.93. The van der Waals surface area contributed by atoms with Crippen LogP contribution in [0.2, 0.25) is 5.02 Å². The number of anilines is 1. The number of carbonyl (C=O) groups is 2. The molecule has 0 N–H and O–H groups in total. The van der Waals surface area contributed by atoms with E-state index in [2.05, 4.69) is 4.98 Å². The Balaban J connectivity index is 1.34. The molecule has 1 amide bonds. The number of pyridine rings is 1. The molecule has 4 aromatic rings. The van der Waals surface area contributed by atoms with E-state index in [4.69, 9.17) is 16.3 Å². The Kier molecular flexibility index (Phi) is 7.50. The van der Waals surface area contributed by atoms with Gasteiger partial charge in [0.15, 0.2) is 9.84 Å². The second-order valence-corrected chi connectivity index (χ2v) is 13.4. The van der Waals surface area contributed by atoms with Gasteiger partial charge in [-0.15, -0.1) is 0 Å². The third-order valence-corrected chi connectivity index (χ3v) is 8.78. The number of ether oxygens (including phenoxy) is 1. The van der Waals surface area contributed by atoms with Crippen LogP contribution in [-0.4, -0.2) is 71.6 Å². The van der Waals surface area contributed by atoms with Crippen LogP contribution in [-0.2, 0) is 24.2 Å². The molecule has 1 unspecified atom stereocenters. The van der Waals surface area contributed by atoms with Crippen molar-refractivity contribution in [2.24, 2.45) is 0 Å². The molecule has 40 heavy (non-hydrogen) atoms. The van der Waals surface area contributed by atoms with E-state index < -0.39 is 33.4 Å². The zero-order valence-electron chi connectivity index (χ0n) is 22.6. The molecule has 11 heteroatoms. The van der Waals surface area contributed by atoms with Gasteiger partial charge >= 0.3 is 5.97 Å². The highest BCUT2D eigenvalue weighted by atomic mass is 35.5. The number of hydrogen-bond acceptors (Lipinski definition) is 7. The summed E-state index contributed by atoms with van der Waals surface area (Å²) in [5.74, 6) is -0.469. The van der Waals surface area contributed by atoms with E-state index >= 15 is 0 Å². The monoisotopic (exact) mass is 582 g/mol. The van der Waals surface area contributed by atoms with Crippen molar-refractivity contribution < 1.29 is 22.7 Å². The lowest BCUT2D eigenvalue weighted by molar-refractivity contribution is -0.165. The lowest BCUT2D eigenvalue weighted by Crippen LogP contribution is -2.59. The maximum absolute atomic E-state index is 13.4. The highest BCUT2D eigenvalue weighted by molar-refractivity contribution is 7.91. The highest BCUT2D eigenvalue weighted by Crippen LogP contribution is 2.26. The van der Waals surface area contributed by atoms with Crippen molar-refractivity contribution in [2.75, 3.05) is 30.3 Å². The van der Waals surface area contributed by atoms with Crippen LogP contribution in [0.1, 0.15) is 27.2 Å². The first kappa shape index (κ1) is 27.9. The van der Waals surface area contributed by atoms with Crippen molar-refractivity contribution in [3.63, 3.8) is 0 Å². The molecule has 0 saturated carbocycles. The van der Waals surface area contributed by atoms with Crippen molar-refractivity contribution in [3.05, 3.63) is 72.0 Å². The van der Waals surface area contributed by atoms with E-state index in [9.17, 15) is 18.0 Å². The summed E-state index contributed by atoms with van der Waals surface area (Å²) in [5.41, 5.74) is 0.0223. The molecule has 0 bridgehead atoms. The molecule has 1 fully saturated rings. The van der Waals surface area contributed by atoms with Crippen LogP contribution < -0.4 is 4.90 Å². The number of fused-ring (bicyclic) bond motifs is 2. The average Bonchev–Trinajstić information content (AvgIpc) is 3.39. The first-order chi connectivity index (χ1) is 18.9. The second kappa shape index (κ2) is 10.7. The van der Waals surface area contributed by atoms with Gasteiger partial charge in [-0.25, -0.2) is 18.2 Å². The summed E-state index contributed by atoms with van der Waals surface area (Å²) in [5, 5.41) is 2.13. The smallest absolute Gasteiger partial charge is 0.331 e. The van der Waals surface area contributed by atoms with Gasteiger partial charge in [0.25, 0.3) is 0 Å². The Hall–Kier alpha value is -3.63. The van der Waals surface area contributed by atoms with Gasteiger partial charge in [-0.1, -0.05) is 29.8 Å². The topological polar surface area (TPSA) is 101 Å². The van der Waals surface area contributed by atoms with Gasteiger partial charge in [-0.05, 0) is 67.9 Å². The Bertz CT molecular complexity index is 1700. The molecule has 3 heterocycles. The third-order valence-electron chi connectivity index (χ3n) is 6.83. The molecule has 0 aliphatic carbocycles. The number of amides is 1. The first-order valence-corrected chi connectivity index (χ1v) is 15.1. The van der Waals surface area contributed by atoms with Crippen molar-refractivity contribution >= 4 is 55.6 Å². The molecule has 9 nitrogen and oxygen atoms in total. The molecule has 2 aromatic heterocycles. The first-order valence-electron chi connectivity index (χ1n) is 13.0. The van der Waals surface area contributed by atoms with Crippen molar-refractivity contribution in [3.8, 4) is 0 Å². The number of piperazine rings is 1. The van der Waals surface area contributed by atoms with Crippen molar-refractivity contribution in [1.82, 2.24) is 14.3 Å². The SMILES string of the molecule is CC(C)(C)OC(=O)C1CN(c2cccc3nccn23)CCN1C(=O)CCS(=O)(=O)c1ccc2cc(Cl)ccc2c1. The van der Waals surface area contributed by atoms with Crippen LogP contribution in [0.3, 0.4) is 0 Å². The predicted octanol–water partition coefficient (Wildman–Crippen LogP) is 4.36. The molecule has 1 atom stereocenters. The zero-order chi connectivity index (χ0) is 28.7. The van der Waals surface area contributed by atoms with E-state index in [1.807, 2.05) is 33.7 Å². The quantitative estimate of drug-likeness (QED) is 0.311. The predicted molar refractivity (Wildman–Crippen MR) is 154 cm³/mol. The molecule has 210 valence electrons. The van der Waals surface area contributed by atoms with Crippen LogP contribution in [0.4, 0.5) is 5.82 Å². The molecular formula is C29H31ClN4O5S. The minimum Gasteiger partial charge on any atom is -0.458 e. The number of halogens is 1. The number of aromatic nitrogens is 2. The summed E-state index contributed by atoms with van der Waals surface area (Å²) >= 11 is 6.04. The average molecular weight is 583 g/mol. The van der Waals surface area contributed by atoms with E-state index in [-0.39, 0.29) is 30.2 Å². The summed E-state index contributed by atoms with van der Waals surface area (Å²) in [7, 11) is -3.75. The Morgan fingerprint density at radius 1 is 1.05 bits per heavy atom. The number of sulfone groups is 1. The van der Waals surface area contributed by atoms with Gasteiger partial charge < -0.3 is 14.5 Å². The standard InChI is InChI=1S/C29H31ClN4O5S/c1-29(2,3)39-28(36)24-19-32(26-6-4-5-25-31-12-13-34(25)26)14-15-33(24)27(35)11-16-40(37,38)23-10-8-20-17-22(30)9-7-21(20)18-23/h4-10,12-13,17-18,24H,11,14-16,19H2,1-3H3. The molecule has 0 radical (unpaired) electrons. The summed E-state index contributed by atoms with van der Waals surface area (Å²) in [6.45, 7) is 6.22. The van der Waals surface area contributed by atoms with E-state index in [0.29, 0.717) is 11.6 Å². The van der Waals surface area contributed by atoms with Gasteiger partial charge in [-0.2, -0.15) is 0 Å². The van der Waals surface area contributed by atoms with Crippen LogP contribution in [0.5, 0.6) is 0 Å². The fraction of sp³-hybridized carbons (Fsp3) is 0.345. The van der Waals surface area contributed by atoms with Gasteiger partial charge in [0, 0.05) is 36.9 Å². The summed E-state index contributed by atoms with van der Waals surface area (Å²) in [6, 6.07) is 14.9. The number of esters is 1. The maximum Gasteiger partial charge on any atom is 0.331 e. The molecule has 1 saturated heterocycles. The fourth-order valence-corrected chi connectivity index (χ4v) is 6.36. The number of imidazole rings is 1. The fourth-order valence-electron chi connectivity index (χ4n) is 4.92. The van der Waals surface area contributed by atoms with Gasteiger partial charge in [0.05, 0.1) is 17.2 Å². The molecule has 1 aliphatic heterocycles. The lowest BCUT2D eigenvalue weighted by atomic mass is 10.1. The zero-order valence-corrected chi connectivity index (χ0v) is 24.2. The molecule has 5 rings (SSSR count). The number of benzene rings is 2. The molecule has 1 aliphatic rings. The minimum atomic E-state index is -3.75. The van der Waals surface area contributed by atoms with Crippen LogP contribution in [0, 0.1) is 0 Å². The normalized spacial score (nSPS) is 16.4. The van der Waals surface area contributed by atoms with Gasteiger partial charge in [0.2, 0.25) is 5.91 Å². The van der Waals surface area contributed by atoms with Crippen LogP contribution in [0.25, 0.3) is 16.4 Å². The second-order valence-electron chi connectivity index (χ2n) is 10.8. The summed E-state index contributed by atoms with van der Waals surface area (Å²) in [6.07, 6.45) is 3.30. The van der Waals surface area contributed by atoms with Crippen LogP contribution >= 0.6 is 11.6 Å². The maximum atomic E-state index is 13.4. The minimum absolute atomic E-state index is 0.136. The van der Waals surface area contributed by atoms with Gasteiger partial charge in [0.1, 0.15) is 23.1 Å². The molecular weight excluding hydrogens is 552 g/mol. The Labute approximate surface area is 238 Å². The molecule has 0 spiro atoms. The Morgan fingerprint density at radius 3 is 2.58 bits per heavy atom. The van der Waals surface area contributed by atoms with E-state index in [0.717, 1.165) is 22.2 Å². The number of hydrogen-bond donors (Lipinski definition) is 0.